The number of rotatable bonds is 7. The molecule has 2 aromatic rings. The Hall–Kier alpha value is -3.26. The van der Waals surface area contributed by atoms with E-state index in [1.807, 2.05) is 36.1 Å². The predicted octanol–water partition coefficient (Wildman–Crippen LogP) is 1.68. The van der Waals surface area contributed by atoms with Crippen molar-refractivity contribution in [2.24, 2.45) is 0 Å². The predicted molar refractivity (Wildman–Crippen MR) is 115 cm³/mol. The first-order chi connectivity index (χ1) is 15.1. The highest BCUT2D eigenvalue weighted by Gasteiger charge is 2.22. The zero-order valence-electron chi connectivity index (χ0n) is 17.6. The molecule has 0 aromatic heterocycles. The van der Waals surface area contributed by atoms with E-state index >= 15 is 0 Å². The Bertz CT molecular complexity index is 941. The molecule has 0 aliphatic carbocycles. The van der Waals surface area contributed by atoms with Gasteiger partial charge < -0.3 is 24.4 Å². The summed E-state index contributed by atoms with van der Waals surface area (Å²) < 4.78 is 16.3. The molecular formula is C23H27N3O5. The molecule has 2 aliphatic rings. The molecule has 0 unspecified atom stereocenters. The van der Waals surface area contributed by atoms with E-state index in [0.29, 0.717) is 36.7 Å². The smallest absolute Gasteiger partial charge is 0.260 e. The van der Waals surface area contributed by atoms with Crippen LogP contribution in [0.3, 0.4) is 0 Å². The van der Waals surface area contributed by atoms with Crippen molar-refractivity contribution in [1.29, 1.82) is 0 Å². The molecule has 164 valence electrons. The molecule has 1 N–H and O–H groups in total. The molecule has 2 amide bonds. The maximum Gasteiger partial charge on any atom is 0.260 e. The maximum atomic E-state index is 12.4. The normalized spacial score (nSPS) is 15.6. The summed E-state index contributed by atoms with van der Waals surface area (Å²) in [7, 11) is 0. The van der Waals surface area contributed by atoms with Crippen molar-refractivity contribution in [3.05, 3.63) is 53.6 Å². The highest BCUT2D eigenvalue weighted by Crippen LogP contribution is 2.32. The molecule has 0 atom stereocenters. The van der Waals surface area contributed by atoms with Crippen molar-refractivity contribution in [3.8, 4) is 17.2 Å². The lowest BCUT2D eigenvalue weighted by Crippen LogP contribution is -2.51. The van der Waals surface area contributed by atoms with Gasteiger partial charge in [-0.15, -0.1) is 0 Å². The van der Waals surface area contributed by atoms with Gasteiger partial charge in [0.05, 0.1) is 0 Å². The molecule has 31 heavy (non-hydrogen) atoms. The minimum absolute atomic E-state index is 0.000913. The van der Waals surface area contributed by atoms with E-state index in [9.17, 15) is 9.59 Å². The van der Waals surface area contributed by atoms with Gasteiger partial charge in [-0.25, -0.2) is 0 Å². The number of piperazine rings is 1. The fourth-order valence-electron chi connectivity index (χ4n) is 3.64. The van der Waals surface area contributed by atoms with Crippen LogP contribution in [0.1, 0.15) is 15.9 Å². The van der Waals surface area contributed by atoms with Gasteiger partial charge in [0, 0.05) is 44.8 Å². The van der Waals surface area contributed by atoms with E-state index in [0.717, 1.165) is 30.9 Å². The largest absolute Gasteiger partial charge is 0.484 e. The first-order valence-electron chi connectivity index (χ1n) is 10.5. The van der Waals surface area contributed by atoms with Crippen LogP contribution in [0.5, 0.6) is 17.2 Å². The van der Waals surface area contributed by atoms with Crippen molar-refractivity contribution in [2.45, 2.75) is 6.92 Å². The van der Waals surface area contributed by atoms with E-state index in [1.165, 1.54) is 0 Å². The van der Waals surface area contributed by atoms with Crippen LogP contribution in [0.2, 0.25) is 0 Å². The molecule has 2 aromatic carbocycles. The van der Waals surface area contributed by atoms with E-state index in [1.54, 1.807) is 18.2 Å². The van der Waals surface area contributed by atoms with Crippen LogP contribution in [-0.4, -0.2) is 74.3 Å². The van der Waals surface area contributed by atoms with Gasteiger partial charge in [0.25, 0.3) is 11.8 Å². The number of amides is 2. The molecular weight excluding hydrogens is 398 g/mol. The number of hydrogen-bond acceptors (Lipinski definition) is 6. The third-order valence-electron chi connectivity index (χ3n) is 5.52. The zero-order valence-corrected chi connectivity index (χ0v) is 17.6. The van der Waals surface area contributed by atoms with Gasteiger partial charge in [-0.05, 0) is 36.8 Å². The number of benzene rings is 2. The van der Waals surface area contributed by atoms with E-state index in [2.05, 4.69) is 10.2 Å². The average molecular weight is 425 g/mol. The molecule has 4 rings (SSSR count). The number of aryl methyl sites for hydroxylation is 1. The van der Waals surface area contributed by atoms with Crippen molar-refractivity contribution >= 4 is 11.8 Å². The number of ether oxygens (including phenoxy) is 3. The number of hydrogen-bond donors (Lipinski definition) is 1. The molecule has 0 radical (unpaired) electrons. The lowest BCUT2D eigenvalue weighted by Gasteiger charge is -2.34. The van der Waals surface area contributed by atoms with Crippen LogP contribution in [0.25, 0.3) is 0 Å². The Balaban J connectivity index is 1.15. The first-order valence-corrected chi connectivity index (χ1v) is 10.5. The summed E-state index contributed by atoms with van der Waals surface area (Å²) in [5, 5.41) is 2.94. The van der Waals surface area contributed by atoms with E-state index < -0.39 is 0 Å². The minimum Gasteiger partial charge on any atom is -0.484 e. The second-order valence-electron chi connectivity index (χ2n) is 7.60. The standard InChI is InChI=1S/C23H27N3O5/c1-17-4-2-3-5-19(17)29-15-22(27)26-12-10-25(11-13-26)9-8-24-23(28)18-6-7-20-21(14-18)31-16-30-20/h2-7,14H,8-13,15-16H2,1H3,(H,24,28). The Morgan fingerprint density at radius 3 is 2.61 bits per heavy atom. The number of carbonyl (C=O) groups is 2. The number of nitrogens with one attached hydrogen (secondary N) is 1. The third-order valence-corrected chi connectivity index (χ3v) is 5.52. The third kappa shape index (κ3) is 5.27. The van der Waals surface area contributed by atoms with Gasteiger partial charge in [0.2, 0.25) is 6.79 Å². The second kappa shape index (κ2) is 9.70. The molecule has 8 heteroatoms. The van der Waals surface area contributed by atoms with Gasteiger partial charge >= 0.3 is 0 Å². The average Bonchev–Trinajstić information content (AvgIpc) is 3.26. The molecule has 8 nitrogen and oxygen atoms in total. The van der Waals surface area contributed by atoms with Crippen LogP contribution < -0.4 is 19.5 Å². The van der Waals surface area contributed by atoms with Crippen molar-refractivity contribution in [3.63, 3.8) is 0 Å². The zero-order chi connectivity index (χ0) is 21.6. The Morgan fingerprint density at radius 2 is 1.81 bits per heavy atom. The fraction of sp³-hybridized carbons (Fsp3) is 0.391. The molecule has 0 saturated carbocycles. The number of para-hydroxylation sites is 1. The van der Waals surface area contributed by atoms with Crippen LogP contribution in [-0.2, 0) is 4.79 Å². The van der Waals surface area contributed by atoms with Crippen molar-refractivity contribution in [1.82, 2.24) is 15.1 Å². The van der Waals surface area contributed by atoms with Crippen LogP contribution >= 0.6 is 0 Å². The van der Waals surface area contributed by atoms with Gasteiger partial charge in [-0.1, -0.05) is 18.2 Å². The van der Waals surface area contributed by atoms with Crippen molar-refractivity contribution in [2.75, 3.05) is 52.7 Å². The lowest BCUT2D eigenvalue weighted by atomic mass is 10.2. The minimum atomic E-state index is -0.138. The number of carbonyl (C=O) groups excluding carboxylic acids is 2. The molecule has 1 saturated heterocycles. The van der Waals surface area contributed by atoms with Crippen LogP contribution in [0, 0.1) is 6.92 Å². The molecule has 0 spiro atoms. The monoisotopic (exact) mass is 425 g/mol. The second-order valence-corrected chi connectivity index (χ2v) is 7.60. The highest BCUT2D eigenvalue weighted by atomic mass is 16.7. The highest BCUT2D eigenvalue weighted by molar-refractivity contribution is 5.94. The Labute approximate surface area is 181 Å². The lowest BCUT2D eigenvalue weighted by molar-refractivity contribution is -0.135. The van der Waals surface area contributed by atoms with Gasteiger partial charge in [-0.3, -0.25) is 14.5 Å². The van der Waals surface area contributed by atoms with Gasteiger partial charge in [0.15, 0.2) is 18.1 Å². The van der Waals surface area contributed by atoms with Crippen LogP contribution in [0.15, 0.2) is 42.5 Å². The van der Waals surface area contributed by atoms with E-state index in [4.69, 9.17) is 14.2 Å². The maximum absolute atomic E-state index is 12.4. The summed E-state index contributed by atoms with van der Waals surface area (Å²) in [6.45, 7) is 6.34. The molecule has 0 bridgehead atoms. The molecule has 2 heterocycles. The summed E-state index contributed by atoms with van der Waals surface area (Å²) in [6, 6.07) is 12.9. The SMILES string of the molecule is Cc1ccccc1OCC(=O)N1CCN(CCNC(=O)c2ccc3c(c2)OCO3)CC1. The van der Waals surface area contributed by atoms with Crippen LogP contribution in [0.4, 0.5) is 0 Å². The first kappa shape index (κ1) is 21.0. The summed E-state index contributed by atoms with van der Waals surface area (Å²) >= 11 is 0. The Morgan fingerprint density at radius 1 is 1.03 bits per heavy atom. The fourth-order valence-corrected chi connectivity index (χ4v) is 3.64. The molecule has 1 fully saturated rings. The van der Waals surface area contributed by atoms with Gasteiger partial charge in [-0.2, -0.15) is 0 Å². The summed E-state index contributed by atoms with van der Waals surface area (Å²) in [4.78, 5) is 28.9. The number of fused-ring (bicyclic) bond motifs is 1. The summed E-state index contributed by atoms with van der Waals surface area (Å²) in [5.74, 6) is 1.86. The van der Waals surface area contributed by atoms with E-state index in [-0.39, 0.29) is 25.2 Å². The number of nitrogens with zero attached hydrogens (tertiary/aromatic N) is 2. The molecule has 2 aliphatic heterocycles. The quantitative estimate of drug-likeness (QED) is 0.727. The summed E-state index contributed by atoms with van der Waals surface area (Å²) in [6.07, 6.45) is 0. The van der Waals surface area contributed by atoms with Gasteiger partial charge in [0.1, 0.15) is 5.75 Å². The topological polar surface area (TPSA) is 80.3 Å². The summed E-state index contributed by atoms with van der Waals surface area (Å²) in [5.41, 5.74) is 1.57. The Kier molecular flexibility index (Phi) is 6.57. The van der Waals surface area contributed by atoms with Crippen molar-refractivity contribution < 1.29 is 23.8 Å².